The van der Waals surface area contributed by atoms with Gasteiger partial charge in [-0.1, -0.05) is 30.3 Å². The first-order valence-corrected chi connectivity index (χ1v) is 10.7. The zero-order chi connectivity index (χ0) is 20.5. The first-order valence-electron chi connectivity index (χ1n) is 10.7. The highest BCUT2D eigenvalue weighted by atomic mass is 16.2. The van der Waals surface area contributed by atoms with E-state index in [0.29, 0.717) is 31.6 Å². The van der Waals surface area contributed by atoms with Crippen LogP contribution in [0.4, 0.5) is 0 Å². The minimum absolute atomic E-state index is 0.0733. The number of H-pyrrole nitrogens is 1. The third kappa shape index (κ3) is 3.92. The van der Waals surface area contributed by atoms with Gasteiger partial charge in [-0.2, -0.15) is 0 Å². The number of pyridine rings is 1. The molecule has 0 bridgehead atoms. The number of aromatic amines is 1. The first kappa shape index (κ1) is 18.8. The second kappa shape index (κ2) is 7.90. The van der Waals surface area contributed by atoms with Crippen LogP contribution in [0, 0.1) is 5.92 Å². The average molecular weight is 399 g/mol. The summed E-state index contributed by atoms with van der Waals surface area (Å²) in [5.41, 5.74) is 5.94. The number of nitrogens with one attached hydrogen (secondary N) is 2. The second-order valence-corrected chi connectivity index (χ2v) is 8.47. The Balaban J connectivity index is 1.48. The molecule has 1 aromatic carbocycles. The van der Waals surface area contributed by atoms with Crippen molar-refractivity contribution in [3.63, 3.8) is 0 Å². The molecule has 2 heterocycles. The maximum atomic E-state index is 13.2. The molecule has 2 aromatic heterocycles. The van der Waals surface area contributed by atoms with E-state index in [2.05, 4.69) is 27.4 Å². The Morgan fingerprint density at radius 3 is 2.57 bits per heavy atom. The Bertz CT molecular complexity index is 1070. The van der Waals surface area contributed by atoms with Gasteiger partial charge in [0.1, 0.15) is 0 Å². The Kier molecular flexibility index (Phi) is 4.95. The van der Waals surface area contributed by atoms with Crippen molar-refractivity contribution in [1.82, 2.24) is 15.3 Å². The maximum Gasteiger partial charge on any atom is 0.220 e. The smallest absolute Gasteiger partial charge is 0.220 e. The number of ketones is 1. The molecular formula is C25H25N3O2. The van der Waals surface area contributed by atoms with Crippen molar-refractivity contribution in [2.24, 2.45) is 5.92 Å². The molecule has 1 fully saturated rings. The van der Waals surface area contributed by atoms with Crippen LogP contribution < -0.4 is 5.32 Å². The van der Waals surface area contributed by atoms with Gasteiger partial charge in [0.25, 0.3) is 0 Å². The van der Waals surface area contributed by atoms with Crippen LogP contribution in [0.1, 0.15) is 52.9 Å². The summed E-state index contributed by atoms with van der Waals surface area (Å²) in [7, 11) is 0. The number of carbonyl (C=O) groups excluding carboxylic acids is 2. The molecule has 2 aliphatic rings. The molecule has 3 aromatic rings. The molecule has 5 nitrogen and oxygen atoms in total. The van der Waals surface area contributed by atoms with Crippen molar-refractivity contribution >= 4 is 11.7 Å². The zero-order valence-electron chi connectivity index (χ0n) is 16.9. The van der Waals surface area contributed by atoms with Gasteiger partial charge in [-0.05, 0) is 42.0 Å². The molecule has 0 aliphatic heterocycles. The summed E-state index contributed by atoms with van der Waals surface area (Å²) in [6.45, 7) is 0. The van der Waals surface area contributed by atoms with Crippen LogP contribution in [-0.2, 0) is 17.6 Å². The molecule has 5 rings (SSSR count). The number of Topliss-reactive ketones (excluding diaryl/α,β-unsaturated/α-hetero) is 1. The van der Waals surface area contributed by atoms with Crippen LogP contribution in [-0.4, -0.2) is 27.7 Å². The number of benzene rings is 1. The van der Waals surface area contributed by atoms with E-state index in [0.717, 1.165) is 40.9 Å². The van der Waals surface area contributed by atoms with Crippen molar-refractivity contribution in [2.45, 2.75) is 44.6 Å². The molecule has 30 heavy (non-hydrogen) atoms. The number of carbonyl (C=O) groups is 2. The van der Waals surface area contributed by atoms with E-state index >= 15 is 0 Å². The third-order valence-corrected chi connectivity index (χ3v) is 6.07. The summed E-state index contributed by atoms with van der Waals surface area (Å²) in [4.78, 5) is 33.1. The van der Waals surface area contributed by atoms with Gasteiger partial charge in [-0.25, -0.2) is 0 Å². The van der Waals surface area contributed by atoms with Crippen molar-refractivity contribution in [1.29, 1.82) is 0 Å². The second-order valence-electron chi connectivity index (χ2n) is 8.47. The van der Waals surface area contributed by atoms with Crippen LogP contribution in [0.3, 0.4) is 0 Å². The van der Waals surface area contributed by atoms with Gasteiger partial charge in [0.15, 0.2) is 5.78 Å². The van der Waals surface area contributed by atoms with Crippen molar-refractivity contribution in [3.8, 4) is 11.3 Å². The third-order valence-electron chi connectivity index (χ3n) is 6.07. The van der Waals surface area contributed by atoms with Gasteiger partial charge in [0, 0.05) is 60.9 Å². The number of amides is 1. The number of aromatic nitrogens is 2. The number of nitrogens with zero attached hydrogens (tertiary/aromatic N) is 1. The lowest BCUT2D eigenvalue weighted by atomic mass is 9.87. The van der Waals surface area contributed by atoms with E-state index in [4.69, 9.17) is 0 Å². The molecule has 0 spiro atoms. The molecule has 1 atom stereocenters. The van der Waals surface area contributed by atoms with E-state index in [1.54, 1.807) is 12.4 Å². The predicted molar refractivity (Wildman–Crippen MR) is 115 cm³/mol. The fourth-order valence-electron chi connectivity index (χ4n) is 4.44. The zero-order valence-corrected chi connectivity index (χ0v) is 16.9. The summed E-state index contributed by atoms with van der Waals surface area (Å²) in [6.07, 6.45) is 8.13. The van der Waals surface area contributed by atoms with Crippen molar-refractivity contribution in [2.75, 3.05) is 0 Å². The van der Waals surface area contributed by atoms with Gasteiger partial charge < -0.3 is 10.3 Å². The van der Waals surface area contributed by atoms with Crippen molar-refractivity contribution in [3.05, 3.63) is 77.2 Å². The molecule has 152 valence electrons. The van der Waals surface area contributed by atoms with E-state index < -0.39 is 0 Å². The minimum atomic E-state index is -0.134. The number of hydrogen-bond acceptors (Lipinski definition) is 3. The Hall–Kier alpha value is -3.21. The van der Waals surface area contributed by atoms with Crippen LogP contribution in [0.15, 0.2) is 54.9 Å². The summed E-state index contributed by atoms with van der Waals surface area (Å²) in [6, 6.07) is 14.0. The summed E-state index contributed by atoms with van der Waals surface area (Å²) >= 11 is 0. The fraction of sp³-hybridized carbons (Fsp3) is 0.320. The highest BCUT2D eigenvalue weighted by molar-refractivity contribution is 6.02. The van der Waals surface area contributed by atoms with E-state index in [1.165, 1.54) is 5.56 Å². The molecule has 1 saturated carbocycles. The molecule has 1 amide bonds. The Morgan fingerprint density at radius 1 is 1.07 bits per heavy atom. The van der Waals surface area contributed by atoms with E-state index in [1.807, 2.05) is 30.3 Å². The monoisotopic (exact) mass is 399 g/mol. The SMILES string of the molecule is O=C(CC1CC1)NC1CC(=O)c2c([nH]c(-c3ccncc3)c2Cc2ccccc2)C1. The lowest BCUT2D eigenvalue weighted by Crippen LogP contribution is -2.40. The lowest BCUT2D eigenvalue weighted by Gasteiger charge is -2.23. The van der Waals surface area contributed by atoms with E-state index in [9.17, 15) is 9.59 Å². The normalized spacial score (nSPS) is 18.1. The molecule has 1 unspecified atom stereocenters. The summed E-state index contributed by atoms with van der Waals surface area (Å²) in [5.74, 6) is 0.723. The number of hydrogen-bond donors (Lipinski definition) is 2. The summed E-state index contributed by atoms with van der Waals surface area (Å²) < 4.78 is 0. The fourth-order valence-corrected chi connectivity index (χ4v) is 4.44. The van der Waals surface area contributed by atoms with Gasteiger partial charge in [-0.15, -0.1) is 0 Å². The lowest BCUT2D eigenvalue weighted by molar-refractivity contribution is -0.122. The standard InChI is InChI=1S/C25H25N3O2/c29-22-15-19(27-23(30)13-17-6-7-17)14-21-24(22)20(12-16-4-2-1-3-5-16)25(28-21)18-8-10-26-11-9-18/h1-5,8-11,17,19,28H,6-7,12-15H2,(H,27,30). The van der Waals surface area contributed by atoms with Gasteiger partial charge in [-0.3, -0.25) is 14.6 Å². The molecule has 2 N–H and O–H groups in total. The topological polar surface area (TPSA) is 74.8 Å². The molecule has 0 saturated heterocycles. The van der Waals surface area contributed by atoms with Gasteiger partial charge in [0.05, 0.1) is 5.69 Å². The molecular weight excluding hydrogens is 374 g/mol. The predicted octanol–water partition coefficient (Wildman–Crippen LogP) is 4.08. The molecule has 5 heteroatoms. The highest BCUT2D eigenvalue weighted by Gasteiger charge is 2.33. The Labute approximate surface area is 175 Å². The average Bonchev–Trinajstić information content (AvgIpc) is 3.48. The van der Waals surface area contributed by atoms with Crippen LogP contribution in [0.2, 0.25) is 0 Å². The molecule has 2 aliphatic carbocycles. The van der Waals surface area contributed by atoms with Crippen molar-refractivity contribution < 1.29 is 9.59 Å². The van der Waals surface area contributed by atoms with Gasteiger partial charge >= 0.3 is 0 Å². The number of fused-ring (bicyclic) bond motifs is 1. The van der Waals surface area contributed by atoms with Crippen LogP contribution in [0.25, 0.3) is 11.3 Å². The van der Waals surface area contributed by atoms with E-state index in [-0.39, 0.29) is 17.7 Å². The highest BCUT2D eigenvalue weighted by Crippen LogP contribution is 2.35. The van der Waals surface area contributed by atoms with Crippen LogP contribution >= 0.6 is 0 Å². The number of rotatable bonds is 6. The quantitative estimate of drug-likeness (QED) is 0.656. The van der Waals surface area contributed by atoms with Gasteiger partial charge in [0.2, 0.25) is 5.91 Å². The maximum absolute atomic E-state index is 13.2. The minimum Gasteiger partial charge on any atom is -0.357 e. The first-order chi connectivity index (χ1) is 14.7. The summed E-state index contributed by atoms with van der Waals surface area (Å²) in [5, 5.41) is 3.09. The largest absolute Gasteiger partial charge is 0.357 e. The molecule has 0 radical (unpaired) electrons. The Morgan fingerprint density at radius 2 is 1.83 bits per heavy atom. The van der Waals surface area contributed by atoms with Crippen LogP contribution in [0.5, 0.6) is 0 Å².